The summed E-state index contributed by atoms with van der Waals surface area (Å²) in [7, 11) is 0. The van der Waals surface area contributed by atoms with Gasteiger partial charge in [0.2, 0.25) is 0 Å². The highest BCUT2D eigenvalue weighted by Gasteiger charge is 2.37. The van der Waals surface area contributed by atoms with E-state index in [2.05, 4.69) is 20.9 Å². The topological polar surface area (TPSA) is 85.6 Å². The van der Waals surface area contributed by atoms with Crippen LogP contribution >= 0.6 is 27.5 Å². The summed E-state index contributed by atoms with van der Waals surface area (Å²) in [6.07, 6.45) is 4.50. The van der Waals surface area contributed by atoms with Crippen molar-refractivity contribution in [1.82, 2.24) is 9.88 Å². The highest BCUT2D eigenvalue weighted by Crippen LogP contribution is 2.45. The number of rotatable bonds is 3. The first-order chi connectivity index (χ1) is 14.9. The first kappa shape index (κ1) is 21.8. The fourth-order valence-corrected chi connectivity index (χ4v) is 5.01. The number of nitrogens with zero attached hydrogens (tertiary/aromatic N) is 3. The van der Waals surface area contributed by atoms with Crippen molar-refractivity contribution >= 4 is 45.4 Å². The zero-order valence-electron chi connectivity index (χ0n) is 16.9. The third kappa shape index (κ3) is 4.32. The quantitative estimate of drug-likeness (QED) is 0.400. The van der Waals surface area contributed by atoms with Gasteiger partial charge in [-0.1, -0.05) is 17.7 Å². The first-order valence-corrected chi connectivity index (χ1v) is 11.3. The van der Waals surface area contributed by atoms with Crippen LogP contribution in [0.15, 0.2) is 34.9 Å². The molecule has 1 aromatic heterocycles. The van der Waals surface area contributed by atoms with E-state index in [4.69, 9.17) is 16.3 Å². The van der Waals surface area contributed by atoms with Crippen molar-refractivity contribution in [1.29, 1.82) is 0 Å². The smallest absolute Gasteiger partial charge is 0.409 e. The Kier molecular flexibility index (Phi) is 6.29. The molecule has 31 heavy (non-hydrogen) atoms. The molecule has 0 saturated carbocycles. The molecule has 1 saturated heterocycles. The number of aromatic nitrogens is 1. The minimum atomic E-state index is -0.369. The van der Waals surface area contributed by atoms with Crippen molar-refractivity contribution < 1.29 is 14.5 Å². The predicted octanol–water partition coefficient (Wildman–Crippen LogP) is 5.59. The van der Waals surface area contributed by atoms with Crippen LogP contribution in [-0.2, 0) is 4.74 Å². The molecule has 0 spiro atoms. The number of benzene rings is 1. The van der Waals surface area contributed by atoms with E-state index in [1.54, 1.807) is 36.2 Å². The second-order valence-corrected chi connectivity index (χ2v) is 9.00. The van der Waals surface area contributed by atoms with E-state index in [1.165, 1.54) is 0 Å². The molecule has 2 aliphatic rings. The third-order valence-corrected chi connectivity index (χ3v) is 6.53. The zero-order valence-corrected chi connectivity index (χ0v) is 19.2. The van der Waals surface area contributed by atoms with Crippen LogP contribution in [0.1, 0.15) is 48.1 Å². The molecule has 2 heterocycles. The largest absolute Gasteiger partial charge is 0.450 e. The fraction of sp³-hybridized carbons (Fsp3) is 0.364. The third-order valence-electron chi connectivity index (χ3n) is 5.86. The number of nitro groups is 1. The Balaban J connectivity index is 1.78. The molecule has 0 bridgehead atoms. The lowest BCUT2D eigenvalue weighted by molar-refractivity contribution is -0.374. The van der Waals surface area contributed by atoms with Crippen molar-refractivity contribution in [3.05, 3.63) is 72.5 Å². The Morgan fingerprint density at radius 2 is 2.10 bits per heavy atom. The molecule has 1 amide bonds. The molecule has 162 valence electrons. The molecule has 1 aromatic carbocycles. The molecule has 0 radical (unpaired) electrons. The van der Waals surface area contributed by atoms with Crippen molar-refractivity contribution in [3.63, 3.8) is 0 Å². The van der Waals surface area contributed by atoms with Crippen LogP contribution in [0.3, 0.4) is 0 Å². The number of likely N-dealkylation sites (tertiary alicyclic amines) is 1. The van der Waals surface area contributed by atoms with E-state index in [0.717, 1.165) is 28.6 Å². The normalized spacial score (nSPS) is 18.5. The van der Waals surface area contributed by atoms with Crippen LogP contribution in [0, 0.1) is 16.0 Å². The minimum absolute atomic E-state index is 0.00473. The van der Waals surface area contributed by atoms with Gasteiger partial charge in [0.1, 0.15) is 0 Å². The second kappa shape index (κ2) is 8.96. The van der Waals surface area contributed by atoms with E-state index in [-0.39, 0.29) is 28.5 Å². The van der Waals surface area contributed by atoms with E-state index in [0.29, 0.717) is 35.8 Å². The number of ether oxygens (including phenoxy) is 1. The number of carbonyl (C=O) groups is 1. The Morgan fingerprint density at radius 1 is 1.35 bits per heavy atom. The van der Waals surface area contributed by atoms with Crippen LogP contribution in [0.25, 0.3) is 11.8 Å². The SMILES string of the molecule is CCOC(=O)N1CCC(C2c3ccc(Cl)cc3C([N+](=O)[O-])=Cc3cc(Br)cnc32)CC1. The lowest BCUT2D eigenvalue weighted by Gasteiger charge is -2.36. The lowest BCUT2D eigenvalue weighted by atomic mass is 9.76. The van der Waals surface area contributed by atoms with Crippen molar-refractivity contribution in [2.24, 2.45) is 5.92 Å². The van der Waals surface area contributed by atoms with Gasteiger partial charge in [0.25, 0.3) is 5.70 Å². The Labute approximate surface area is 193 Å². The molecule has 7 nitrogen and oxygen atoms in total. The van der Waals surface area contributed by atoms with Gasteiger partial charge in [-0.2, -0.15) is 0 Å². The number of amides is 1. The van der Waals surface area contributed by atoms with Crippen LogP contribution in [-0.4, -0.2) is 40.6 Å². The fourth-order valence-electron chi connectivity index (χ4n) is 4.49. The van der Waals surface area contributed by atoms with Crippen molar-refractivity contribution in [3.8, 4) is 0 Å². The van der Waals surface area contributed by atoms with E-state index >= 15 is 0 Å². The Morgan fingerprint density at radius 3 is 2.77 bits per heavy atom. The second-order valence-electron chi connectivity index (χ2n) is 7.65. The standard InChI is InChI=1S/C22H21BrClN3O4/c1-2-31-22(28)26-7-5-13(6-8-26)20-17-4-3-16(24)11-18(17)19(27(29)30)10-14-9-15(23)12-25-21(14)20/h3-4,9-13,20H,2,5-8H2,1H3. The van der Waals surface area contributed by atoms with Gasteiger partial charge in [-0.05, 0) is 65.4 Å². The van der Waals surface area contributed by atoms with Gasteiger partial charge in [0, 0.05) is 46.3 Å². The van der Waals surface area contributed by atoms with Gasteiger partial charge in [-0.25, -0.2) is 4.79 Å². The molecule has 2 aromatic rings. The monoisotopic (exact) mass is 505 g/mol. The summed E-state index contributed by atoms with van der Waals surface area (Å²) in [4.78, 5) is 30.1. The molecule has 1 fully saturated rings. The summed E-state index contributed by atoms with van der Waals surface area (Å²) in [5.41, 5.74) is 2.88. The Hall–Kier alpha value is -2.45. The number of pyridine rings is 1. The zero-order chi connectivity index (χ0) is 22.1. The first-order valence-electron chi connectivity index (χ1n) is 10.1. The maximum atomic E-state index is 12.1. The van der Waals surface area contributed by atoms with Crippen LogP contribution in [0.5, 0.6) is 0 Å². The number of halogens is 2. The molecular formula is C22H21BrClN3O4. The molecule has 4 rings (SSSR count). The number of hydrogen-bond acceptors (Lipinski definition) is 5. The Bertz CT molecular complexity index is 1070. The van der Waals surface area contributed by atoms with Gasteiger partial charge in [0.05, 0.1) is 22.8 Å². The summed E-state index contributed by atoms with van der Waals surface area (Å²) in [6.45, 7) is 3.28. The van der Waals surface area contributed by atoms with Crippen molar-refractivity contribution in [2.75, 3.05) is 19.7 Å². The number of piperidine rings is 1. The van der Waals surface area contributed by atoms with E-state index < -0.39 is 0 Å². The number of carbonyl (C=O) groups excluding carboxylic acids is 1. The average molecular weight is 507 g/mol. The van der Waals surface area contributed by atoms with Gasteiger partial charge in [-0.15, -0.1) is 0 Å². The maximum absolute atomic E-state index is 12.1. The summed E-state index contributed by atoms with van der Waals surface area (Å²) >= 11 is 9.66. The molecule has 1 aliphatic carbocycles. The van der Waals surface area contributed by atoms with Gasteiger partial charge in [-0.3, -0.25) is 15.1 Å². The van der Waals surface area contributed by atoms with Crippen LogP contribution < -0.4 is 0 Å². The van der Waals surface area contributed by atoms with Gasteiger partial charge < -0.3 is 9.64 Å². The molecule has 9 heteroatoms. The van der Waals surface area contributed by atoms with Crippen LogP contribution in [0.2, 0.25) is 5.02 Å². The molecular weight excluding hydrogens is 486 g/mol. The summed E-state index contributed by atoms with van der Waals surface area (Å²) < 4.78 is 5.89. The van der Waals surface area contributed by atoms with Crippen molar-refractivity contribution in [2.45, 2.75) is 25.7 Å². The van der Waals surface area contributed by atoms with Gasteiger partial charge >= 0.3 is 6.09 Å². The van der Waals surface area contributed by atoms with E-state index in [9.17, 15) is 14.9 Å². The molecule has 1 atom stereocenters. The number of fused-ring (bicyclic) bond motifs is 2. The minimum Gasteiger partial charge on any atom is -0.450 e. The highest BCUT2D eigenvalue weighted by molar-refractivity contribution is 9.10. The summed E-state index contributed by atoms with van der Waals surface area (Å²) in [6, 6.07) is 7.16. The highest BCUT2D eigenvalue weighted by atomic mass is 79.9. The predicted molar refractivity (Wildman–Crippen MR) is 121 cm³/mol. The summed E-state index contributed by atoms with van der Waals surface area (Å²) in [5.74, 6) is 0.0194. The molecule has 1 unspecified atom stereocenters. The average Bonchev–Trinajstić information content (AvgIpc) is 2.88. The molecule has 1 aliphatic heterocycles. The van der Waals surface area contributed by atoms with Crippen LogP contribution in [0.4, 0.5) is 4.79 Å². The molecule has 0 N–H and O–H groups in total. The maximum Gasteiger partial charge on any atom is 0.409 e. The van der Waals surface area contributed by atoms with Gasteiger partial charge in [0.15, 0.2) is 0 Å². The summed E-state index contributed by atoms with van der Waals surface area (Å²) in [5, 5.41) is 12.4. The van der Waals surface area contributed by atoms with E-state index in [1.807, 2.05) is 12.1 Å². The number of hydrogen-bond donors (Lipinski definition) is 0. The lowest BCUT2D eigenvalue weighted by Crippen LogP contribution is -2.40.